The Morgan fingerprint density at radius 2 is 1.86 bits per heavy atom. The zero-order valence-electron chi connectivity index (χ0n) is 12.3. The molecule has 1 saturated heterocycles. The first-order valence-electron chi connectivity index (χ1n) is 7.43. The molecular formula is C18H21NOS. The van der Waals surface area contributed by atoms with Crippen molar-refractivity contribution in [3.05, 3.63) is 65.7 Å². The highest BCUT2D eigenvalue weighted by Gasteiger charge is 2.19. The lowest BCUT2D eigenvalue weighted by molar-refractivity contribution is 0.306. The summed E-state index contributed by atoms with van der Waals surface area (Å²) in [6.45, 7) is 4.01. The van der Waals surface area contributed by atoms with Crippen LogP contribution in [0.5, 0.6) is 5.75 Å². The van der Waals surface area contributed by atoms with Crippen molar-refractivity contribution >= 4 is 11.8 Å². The van der Waals surface area contributed by atoms with Gasteiger partial charge in [-0.3, -0.25) is 0 Å². The fraction of sp³-hybridized carbons (Fsp3) is 0.333. The average molecular weight is 299 g/mol. The smallest absolute Gasteiger partial charge is 0.119 e. The molecule has 0 aromatic heterocycles. The summed E-state index contributed by atoms with van der Waals surface area (Å²) in [6, 6.07) is 18.7. The molecule has 3 rings (SSSR count). The predicted octanol–water partition coefficient (Wildman–Crippen LogP) is 4.24. The summed E-state index contributed by atoms with van der Waals surface area (Å²) in [5.74, 6) is 2.92. The number of thioether (sulfide) groups is 1. The van der Waals surface area contributed by atoms with Crippen molar-refractivity contribution in [2.24, 2.45) is 5.92 Å². The summed E-state index contributed by atoms with van der Waals surface area (Å²) >= 11 is 1.99. The second kappa shape index (κ2) is 7.01. The standard InChI is InChI=1S/C18H21NOS/c1-14-11-19-18(21-13-14)16-7-9-17(10-8-16)20-12-15-5-3-2-4-6-15/h2-10,14,18-19H,11-13H2,1H3. The Kier molecular flexibility index (Phi) is 4.84. The van der Waals surface area contributed by atoms with Gasteiger partial charge in [0, 0.05) is 0 Å². The van der Waals surface area contributed by atoms with Crippen LogP contribution in [-0.2, 0) is 6.61 Å². The van der Waals surface area contributed by atoms with Crippen LogP contribution >= 0.6 is 11.8 Å². The molecule has 2 aromatic rings. The van der Waals surface area contributed by atoms with E-state index in [1.807, 2.05) is 30.0 Å². The predicted molar refractivity (Wildman–Crippen MR) is 89.6 cm³/mol. The molecule has 21 heavy (non-hydrogen) atoms. The van der Waals surface area contributed by atoms with Crippen LogP contribution in [0.1, 0.15) is 23.4 Å². The van der Waals surface area contributed by atoms with Gasteiger partial charge in [0.15, 0.2) is 0 Å². The van der Waals surface area contributed by atoms with Gasteiger partial charge < -0.3 is 10.1 Å². The third-order valence-corrected chi connectivity index (χ3v) is 5.16. The molecule has 1 heterocycles. The first-order valence-corrected chi connectivity index (χ1v) is 8.48. The largest absolute Gasteiger partial charge is 0.489 e. The Balaban J connectivity index is 1.57. The van der Waals surface area contributed by atoms with E-state index in [0.29, 0.717) is 12.0 Å². The van der Waals surface area contributed by atoms with Crippen LogP contribution in [-0.4, -0.2) is 12.3 Å². The van der Waals surface area contributed by atoms with Crippen LogP contribution in [0, 0.1) is 5.92 Å². The molecule has 1 aliphatic heterocycles. The molecule has 0 radical (unpaired) electrons. The number of hydrogen-bond donors (Lipinski definition) is 1. The van der Waals surface area contributed by atoms with Crippen LogP contribution in [0.15, 0.2) is 54.6 Å². The Bertz CT molecular complexity index is 547. The minimum atomic E-state index is 0.421. The molecule has 0 amide bonds. The van der Waals surface area contributed by atoms with E-state index < -0.39 is 0 Å². The third-order valence-electron chi connectivity index (χ3n) is 3.63. The van der Waals surface area contributed by atoms with E-state index in [2.05, 4.69) is 48.6 Å². The number of nitrogens with one attached hydrogen (secondary N) is 1. The van der Waals surface area contributed by atoms with Crippen LogP contribution in [0.3, 0.4) is 0 Å². The number of ether oxygens (including phenoxy) is 1. The average Bonchev–Trinajstić information content (AvgIpc) is 2.55. The fourth-order valence-corrected chi connectivity index (χ4v) is 3.58. The first kappa shape index (κ1) is 14.5. The molecule has 0 bridgehead atoms. The second-order valence-corrected chi connectivity index (χ2v) is 6.71. The Morgan fingerprint density at radius 3 is 2.52 bits per heavy atom. The maximum absolute atomic E-state index is 5.82. The SMILES string of the molecule is CC1CNC(c2ccc(OCc3ccccc3)cc2)SC1. The topological polar surface area (TPSA) is 21.3 Å². The highest BCUT2D eigenvalue weighted by atomic mass is 32.2. The van der Waals surface area contributed by atoms with E-state index >= 15 is 0 Å². The zero-order valence-corrected chi connectivity index (χ0v) is 13.1. The van der Waals surface area contributed by atoms with Crippen molar-refractivity contribution in [2.45, 2.75) is 18.9 Å². The Morgan fingerprint density at radius 1 is 1.10 bits per heavy atom. The van der Waals surface area contributed by atoms with Gasteiger partial charge in [-0.25, -0.2) is 0 Å². The Hall–Kier alpha value is -1.45. The summed E-state index contributed by atoms with van der Waals surface area (Å²) in [7, 11) is 0. The third kappa shape index (κ3) is 4.02. The van der Waals surface area contributed by atoms with Gasteiger partial charge in [-0.05, 0) is 41.5 Å². The maximum atomic E-state index is 5.82. The van der Waals surface area contributed by atoms with Crippen molar-refractivity contribution in [3.8, 4) is 5.75 Å². The lowest BCUT2D eigenvalue weighted by Crippen LogP contribution is -2.31. The lowest BCUT2D eigenvalue weighted by Gasteiger charge is -2.27. The molecule has 1 N–H and O–H groups in total. The molecule has 2 nitrogen and oxygen atoms in total. The molecule has 3 heteroatoms. The Labute approximate surface area is 130 Å². The van der Waals surface area contributed by atoms with E-state index in [0.717, 1.165) is 18.2 Å². The van der Waals surface area contributed by atoms with Gasteiger partial charge in [-0.1, -0.05) is 49.4 Å². The van der Waals surface area contributed by atoms with E-state index in [4.69, 9.17) is 4.74 Å². The molecule has 110 valence electrons. The summed E-state index contributed by atoms with van der Waals surface area (Å²) in [5, 5.41) is 4.01. The molecule has 1 fully saturated rings. The van der Waals surface area contributed by atoms with Crippen molar-refractivity contribution in [1.82, 2.24) is 5.32 Å². The van der Waals surface area contributed by atoms with Crippen LogP contribution in [0.4, 0.5) is 0 Å². The zero-order chi connectivity index (χ0) is 14.5. The van der Waals surface area contributed by atoms with Gasteiger partial charge in [-0.2, -0.15) is 0 Å². The van der Waals surface area contributed by atoms with E-state index in [1.165, 1.54) is 16.9 Å². The van der Waals surface area contributed by atoms with E-state index in [1.54, 1.807) is 0 Å². The quantitative estimate of drug-likeness (QED) is 0.912. The van der Waals surface area contributed by atoms with Crippen molar-refractivity contribution in [3.63, 3.8) is 0 Å². The van der Waals surface area contributed by atoms with E-state index in [9.17, 15) is 0 Å². The van der Waals surface area contributed by atoms with Gasteiger partial charge >= 0.3 is 0 Å². The molecule has 0 saturated carbocycles. The molecule has 0 aliphatic carbocycles. The van der Waals surface area contributed by atoms with Crippen LogP contribution in [0.25, 0.3) is 0 Å². The monoisotopic (exact) mass is 299 g/mol. The van der Waals surface area contributed by atoms with Crippen LogP contribution in [0.2, 0.25) is 0 Å². The first-order chi connectivity index (χ1) is 10.3. The molecule has 2 unspecified atom stereocenters. The van der Waals surface area contributed by atoms with Crippen LogP contribution < -0.4 is 10.1 Å². The summed E-state index contributed by atoms with van der Waals surface area (Å²) in [6.07, 6.45) is 0. The van der Waals surface area contributed by atoms with Gasteiger partial charge in [0.1, 0.15) is 12.4 Å². The fourth-order valence-electron chi connectivity index (χ4n) is 2.38. The van der Waals surface area contributed by atoms with Gasteiger partial charge in [0.2, 0.25) is 0 Å². The molecule has 1 aliphatic rings. The normalized spacial score (nSPS) is 22.0. The number of rotatable bonds is 4. The molecule has 0 spiro atoms. The maximum Gasteiger partial charge on any atom is 0.119 e. The minimum Gasteiger partial charge on any atom is -0.489 e. The number of benzene rings is 2. The molecular weight excluding hydrogens is 278 g/mol. The van der Waals surface area contributed by atoms with Gasteiger partial charge in [0.25, 0.3) is 0 Å². The molecule has 2 aromatic carbocycles. The van der Waals surface area contributed by atoms with Crippen molar-refractivity contribution in [2.75, 3.05) is 12.3 Å². The highest BCUT2D eigenvalue weighted by molar-refractivity contribution is 7.99. The van der Waals surface area contributed by atoms with Gasteiger partial charge in [-0.15, -0.1) is 11.8 Å². The lowest BCUT2D eigenvalue weighted by atomic mass is 10.1. The number of hydrogen-bond acceptors (Lipinski definition) is 3. The summed E-state index contributed by atoms with van der Waals surface area (Å²) < 4.78 is 5.82. The second-order valence-electron chi connectivity index (χ2n) is 5.57. The summed E-state index contributed by atoms with van der Waals surface area (Å²) in [4.78, 5) is 0. The van der Waals surface area contributed by atoms with E-state index in [-0.39, 0.29) is 0 Å². The molecule has 2 atom stereocenters. The van der Waals surface area contributed by atoms with Gasteiger partial charge in [0.05, 0.1) is 5.37 Å². The highest BCUT2D eigenvalue weighted by Crippen LogP contribution is 2.32. The van der Waals surface area contributed by atoms with Crippen molar-refractivity contribution < 1.29 is 4.74 Å². The minimum absolute atomic E-state index is 0.421. The summed E-state index contributed by atoms with van der Waals surface area (Å²) in [5.41, 5.74) is 2.53. The van der Waals surface area contributed by atoms with Crippen molar-refractivity contribution in [1.29, 1.82) is 0 Å².